The number of sulfone groups is 1. The molecule has 0 fully saturated rings. The number of carbonyl (C=O) groups is 2. The van der Waals surface area contributed by atoms with Crippen LogP contribution in [0.5, 0.6) is 0 Å². The fourth-order valence-corrected chi connectivity index (χ4v) is 2.43. The Morgan fingerprint density at radius 2 is 2.05 bits per heavy atom. The number of nitrogens with one attached hydrogen (secondary N) is 1. The summed E-state index contributed by atoms with van der Waals surface area (Å²) >= 11 is 5.87. The highest BCUT2D eigenvalue weighted by Gasteiger charge is 2.17. The van der Waals surface area contributed by atoms with Crippen molar-refractivity contribution in [1.82, 2.24) is 20.3 Å². The molecular weight excluding hydrogens is 320 g/mol. The predicted octanol–water partition coefficient (Wildman–Crippen LogP) is 0.733. The summed E-state index contributed by atoms with van der Waals surface area (Å²) < 4.78 is 23.6. The summed E-state index contributed by atoms with van der Waals surface area (Å²) in [6.07, 6.45) is 3.56. The van der Waals surface area contributed by atoms with Crippen LogP contribution in [-0.4, -0.2) is 41.6 Å². The number of benzene rings is 1. The Labute approximate surface area is 124 Å². The highest BCUT2D eigenvalue weighted by Crippen LogP contribution is 2.20. The van der Waals surface area contributed by atoms with Gasteiger partial charge in [-0.3, -0.25) is 10.1 Å². The van der Waals surface area contributed by atoms with E-state index in [2.05, 4.69) is 10.3 Å². The summed E-state index contributed by atoms with van der Waals surface area (Å²) in [5.74, 6) is -0.777. The second-order valence-electron chi connectivity index (χ2n) is 4.02. The molecule has 0 aliphatic carbocycles. The number of rotatable bonds is 2. The number of amides is 2. The first kappa shape index (κ1) is 15.1. The minimum atomic E-state index is -3.43. The third-order valence-corrected chi connectivity index (χ3v) is 3.89. The van der Waals surface area contributed by atoms with Gasteiger partial charge in [0.25, 0.3) is 5.91 Å². The molecule has 0 saturated heterocycles. The largest absolute Gasteiger partial charge is 0.350 e. The molecule has 10 heteroatoms. The zero-order chi connectivity index (χ0) is 15.6. The quantitative estimate of drug-likeness (QED) is 0.870. The summed E-state index contributed by atoms with van der Waals surface area (Å²) in [7, 11) is -3.43. The fraction of sp³-hybridized carbons (Fsp3) is 0.0909. The summed E-state index contributed by atoms with van der Waals surface area (Å²) in [5, 5.41) is 8.81. The van der Waals surface area contributed by atoms with E-state index in [9.17, 15) is 18.0 Å². The lowest BCUT2D eigenvalue weighted by molar-refractivity contribution is 0.0963. The van der Waals surface area contributed by atoms with Crippen LogP contribution in [0, 0.1) is 0 Å². The number of carbonyl (C=O) groups excluding carboxylic acids is 2. The Balaban J connectivity index is 2.22. The van der Waals surface area contributed by atoms with Crippen LogP contribution in [0.1, 0.15) is 10.4 Å². The lowest BCUT2D eigenvalue weighted by Crippen LogP contribution is -2.34. The molecule has 2 rings (SSSR count). The lowest BCUT2D eigenvalue weighted by Gasteiger charge is -2.06. The second-order valence-corrected chi connectivity index (χ2v) is 6.44. The van der Waals surface area contributed by atoms with Crippen molar-refractivity contribution < 1.29 is 18.0 Å². The molecule has 2 aromatic rings. The van der Waals surface area contributed by atoms with E-state index >= 15 is 0 Å². The van der Waals surface area contributed by atoms with Crippen LogP contribution >= 0.6 is 11.6 Å². The molecule has 1 aromatic heterocycles. The summed E-state index contributed by atoms with van der Waals surface area (Å²) in [4.78, 5) is 23.5. The maximum atomic E-state index is 11.9. The number of aromatic nitrogens is 3. The monoisotopic (exact) mass is 328 g/mol. The summed E-state index contributed by atoms with van der Waals surface area (Å²) in [5.41, 5.74) is -0.0301. The van der Waals surface area contributed by atoms with Crippen molar-refractivity contribution in [3.8, 4) is 0 Å². The second kappa shape index (κ2) is 5.62. The maximum absolute atomic E-state index is 11.9. The number of hydrogen-bond acceptors (Lipinski definition) is 6. The zero-order valence-electron chi connectivity index (χ0n) is 10.6. The smallest absolute Gasteiger partial charge is 0.272 e. The molecule has 110 valence electrons. The van der Waals surface area contributed by atoms with E-state index in [1.807, 2.05) is 5.32 Å². The molecule has 2 amide bonds. The van der Waals surface area contributed by atoms with E-state index in [1.165, 1.54) is 24.5 Å². The Bertz CT molecular complexity index is 802. The van der Waals surface area contributed by atoms with Gasteiger partial charge in [0.05, 0.1) is 27.9 Å². The molecule has 0 bridgehead atoms. The summed E-state index contributed by atoms with van der Waals surface area (Å²) in [6, 6.07) is 2.80. The first-order valence-electron chi connectivity index (χ1n) is 5.50. The van der Waals surface area contributed by atoms with Gasteiger partial charge in [0.15, 0.2) is 9.84 Å². The molecule has 1 aromatic carbocycles. The topological polar surface area (TPSA) is 111 Å². The highest BCUT2D eigenvalue weighted by molar-refractivity contribution is 7.90. The highest BCUT2D eigenvalue weighted by atomic mass is 35.5. The van der Waals surface area contributed by atoms with Crippen molar-refractivity contribution >= 4 is 33.4 Å². The average Bonchev–Trinajstić information content (AvgIpc) is 2.91. The normalized spacial score (nSPS) is 11.1. The van der Waals surface area contributed by atoms with Gasteiger partial charge in [0.1, 0.15) is 0 Å². The number of halogens is 1. The van der Waals surface area contributed by atoms with Crippen LogP contribution in [0.4, 0.5) is 4.79 Å². The predicted molar refractivity (Wildman–Crippen MR) is 72.8 cm³/mol. The Morgan fingerprint density at radius 1 is 1.33 bits per heavy atom. The van der Waals surface area contributed by atoms with E-state index in [0.29, 0.717) is 0 Å². The van der Waals surface area contributed by atoms with Gasteiger partial charge in [0.2, 0.25) is 0 Å². The molecule has 1 heterocycles. The van der Waals surface area contributed by atoms with E-state index in [-0.39, 0.29) is 15.5 Å². The van der Waals surface area contributed by atoms with Crippen LogP contribution in [0.3, 0.4) is 0 Å². The van der Waals surface area contributed by atoms with Crippen LogP contribution < -0.4 is 5.32 Å². The molecule has 0 unspecified atom stereocenters. The molecule has 0 saturated carbocycles. The molecule has 1 N–H and O–H groups in total. The first-order chi connectivity index (χ1) is 9.79. The Kier molecular flexibility index (Phi) is 4.05. The van der Waals surface area contributed by atoms with Crippen LogP contribution in [0.25, 0.3) is 0 Å². The minimum Gasteiger partial charge on any atom is -0.272 e. The Hall–Kier alpha value is -2.26. The minimum absolute atomic E-state index is 0.0216. The lowest BCUT2D eigenvalue weighted by atomic mass is 10.2. The molecule has 0 atom stereocenters. The van der Waals surface area contributed by atoms with Gasteiger partial charge >= 0.3 is 6.03 Å². The van der Waals surface area contributed by atoms with E-state index in [1.54, 1.807) is 0 Å². The van der Waals surface area contributed by atoms with Crippen LogP contribution in [0.2, 0.25) is 5.02 Å². The first-order valence-corrected chi connectivity index (χ1v) is 7.77. The third kappa shape index (κ3) is 3.44. The van der Waals surface area contributed by atoms with Gasteiger partial charge in [-0.2, -0.15) is 4.68 Å². The van der Waals surface area contributed by atoms with Crippen molar-refractivity contribution in [3.63, 3.8) is 0 Å². The standard InChI is InChI=1S/C11H9ClN4O4S/c1-21(19,20)7-2-3-8(9(12)6-7)10(17)14-11(18)16-5-4-13-15-16/h2-6H,1H3,(H,14,17,18). The van der Waals surface area contributed by atoms with E-state index in [0.717, 1.165) is 17.0 Å². The molecule has 0 aliphatic heterocycles. The average molecular weight is 329 g/mol. The third-order valence-electron chi connectivity index (χ3n) is 2.46. The van der Waals surface area contributed by atoms with Gasteiger partial charge < -0.3 is 0 Å². The van der Waals surface area contributed by atoms with Gasteiger partial charge in [-0.15, -0.1) is 5.10 Å². The summed E-state index contributed by atoms with van der Waals surface area (Å²) in [6.45, 7) is 0. The molecule has 0 aliphatic rings. The SMILES string of the molecule is CS(=O)(=O)c1ccc(C(=O)NC(=O)n2ccnn2)c(Cl)c1. The molecule has 0 radical (unpaired) electrons. The van der Waals surface area contributed by atoms with Gasteiger partial charge in [0, 0.05) is 6.26 Å². The van der Waals surface area contributed by atoms with Crippen molar-refractivity contribution in [2.75, 3.05) is 6.26 Å². The molecule has 8 nitrogen and oxygen atoms in total. The van der Waals surface area contributed by atoms with Gasteiger partial charge in [-0.25, -0.2) is 13.2 Å². The maximum Gasteiger partial charge on any atom is 0.350 e. The number of imide groups is 1. The van der Waals surface area contributed by atoms with Crippen molar-refractivity contribution in [3.05, 3.63) is 41.2 Å². The van der Waals surface area contributed by atoms with Crippen molar-refractivity contribution in [1.29, 1.82) is 0 Å². The molecule has 21 heavy (non-hydrogen) atoms. The van der Waals surface area contributed by atoms with Gasteiger partial charge in [-0.1, -0.05) is 16.8 Å². The Morgan fingerprint density at radius 3 is 2.57 bits per heavy atom. The van der Waals surface area contributed by atoms with E-state index < -0.39 is 21.8 Å². The van der Waals surface area contributed by atoms with Crippen LogP contribution in [0.15, 0.2) is 35.5 Å². The molecular formula is C11H9ClN4O4S. The number of nitrogens with zero attached hydrogens (tertiary/aromatic N) is 3. The molecule has 0 spiro atoms. The van der Waals surface area contributed by atoms with E-state index in [4.69, 9.17) is 11.6 Å². The fourth-order valence-electron chi connectivity index (χ4n) is 1.45. The van der Waals surface area contributed by atoms with Gasteiger partial charge in [-0.05, 0) is 18.2 Å². The van der Waals surface area contributed by atoms with Crippen LogP contribution in [-0.2, 0) is 9.84 Å². The van der Waals surface area contributed by atoms with Crippen molar-refractivity contribution in [2.24, 2.45) is 0 Å². The number of hydrogen-bond donors (Lipinski definition) is 1. The zero-order valence-corrected chi connectivity index (χ0v) is 12.2. The van der Waals surface area contributed by atoms with Crippen molar-refractivity contribution in [2.45, 2.75) is 4.90 Å².